The average molecular weight is 298 g/mol. The molecule has 0 saturated heterocycles. The van der Waals surface area contributed by atoms with E-state index in [-0.39, 0.29) is 5.91 Å². The van der Waals surface area contributed by atoms with Crippen molar-refractivity contribution < 1.29 is 9.90 Å². The molecule has 1 aromatic carbocycles. The van der Waals surface area contributed by atoms with Gasteiger partial charge >= 0.3 is 0 Å². The number of halogens is 1. The highest BCUT2D eigenvalue weighted by Gasteiger charge is 2.45. The summed E-state index contributed by atoms with van der Waals surface area (Å²) in [6.07, 6.45) is 0.428. The molecule has 1 aromatic rings. The molecule has 3 nitrogen and oxygen atoms in total. The maximum absolute atomic E-state index is 12.0. The number of hydrogen-bond acceptors (Lipinski definition) is 2. The standard InChI is InChI=1S/C13H16BrNO2/c1-12(2,3)13(17)7-8-6-9(14)4-5-10(8)11(16)15-13/h4-6,17H,7H2,1-3H3,(H,15,16). The Bertz CT molecular complexity index is 479. The van der Waals surface area contributed by atoms with Gasteiger partial charge in [0, 0.05) is 21.9 Å². The van der Waals surface area contributed by atoms with Crippen LogP contribution < -0.4 is 5.32 Å². The molecular formula is C13H16BrNO2. The zero-order chi connectivity index (χ0) is 12.8. The Morgan fingerprint density at radius 2 is 2.06 bits per heavy atom. The molecule has 4 heteroatoms. The van der Waals surface area contributed by atoms with Gasteiger partial charge in [-0.3, -0.25) is 4.79 Å². The van der Waals surface area contributed by atoms with E-state index in [1.807, 2.05) is 32.9 Å². The Labute approximate surface area is 109 Å². The molecule has 2 rings (SSSR count). The molecule has 0 fully saturated rings. The van der Waals surface area contributed by atoms with Crippen molar-refractivity contribution in [1.29, 1.82) is 0 Å². The Hall–Kier alpha value is -0.870. The second-order valence-electron chi connectivity index (χ2n) is 5.54. The summed E-state index contributed by atoms with van der Waals surface area (Å²) in [6.45, 7) is 5.74. The molecular weight excluding hydrogens is 282 g/mol. The summed E-state index contributed by atoms with van der Waals surface area (Å²) in [6, 6.07) is 5.50. The second kappa shape index (κ2) is 3.82. The first-order chi connectivity index (χ1) is 7.73. The molecule has 0 radical (unpaired) electrons. The van der Waals surface area contributed by atoms with E-state index in [0.29, 0.717) is 12.0 Å². The number of aliphatic hydroxyl groups is 1. The quantitative estimate of drug-likeness (QED) is 0.773. The third-order valence-electron chi connectivity index (χ3n) is 3.32. The monoisotopic (exact) mass is 297 g/mol. The van der Waals surface area contributed by atoms with Crippen LogP contribution in [-0.2, 0) is 6.42 Å². The first-order valence-electron chi connectivity index (χ1n) is 5.56. The molecule has 0 aromatic heterocycles. The first-order valence-corrected chi connectivity index (χ1v) is 6.35. The fourth-order valence-corrected chi connectivity index (χ4v) is 2.37. The van der Waals surface area contributed by atoms with Crippen molar-refractivity contribution in [3.8, 4) is 0 Å². The van der Waals surface area contributed by atoms with E-state index in [1.54, 1.807) is 6.07 Å². The van der Waals surface area contributed by atoms with Crippen LogP contribution >= 0.6 is 15.9 Å². The normalized spacial score (nSPS) is 24.2. The van der Waals surface area contributed by atoms with Crippen LogP contribution in [0.5, 0.6) is 0 Å². The molecule has 1 aliphatic rings. The van der Waals surface area contributed by atoms with Crippen LogP contribution in [0.15, 0.2) is 22.7 Å². The molecule has 17 heavy (non-hydrogen) atoms. The number of carbonyl (C=O) groups is 1. The highest BCUT2D eigenvalue weighted by Crippen LogP contribution is 2.35. The van der Waals surface area contributed by atoms with Crippen molar-refractivity contribution in [3.05, 3.63) is 33.8 Å². The van der Waals surface area contributed by atoms with E-state index in [4.69, 9.17) is 0 Å². The third kappa shape index (κ3) is 2.11. The lowest BCUT2D eigenvalue weighted by Crippen LogP contribution is -2.61. The summed E-state index contributed by atoms with van der Waals surface area (Å²) in [5, 5.41) is 13.3. The number of fused-ring (bicyclic) bond motifs is 1. The van der Waals surface area contributed by atoms with Gasteiger partial charge in [-0.25, -0.2) is 0 Å². The Kier molecular flexibility index (Phi) is 2.83. The van der Waals surface area contributed by atoms with Gasteiger partial charge in [0.25, 0.3) is 5.91 Å². The molecule has 1 unspecified atom stereocenters. The summed E-state index contributed by atoms with van der Waals surface area (Å²) in [4.78, 5) is 12.0. The van der Waals surface area contributed by atoms with Crippen LogP contribution in [0.2, 0.25) is 0 Å². The van der Waals surface area contributed by atoms with Crippen LogP contribution in [0.4, 0.5) is 0 Å². The van der Waals surface area contributed by atoms with Crippen molar-refractivity contribution in [2.75, 3.05) is 0 Å². The Morgan fingerprint density at radius 3 is 2.65 bits per heavy atom. The van der Waals surface area contributed by atoms with E-state index in [9.17, 15) is 9.90 Å². The smallest absolute Gasteiger partial charge is 0.253 e. The van der Waals surface area contributed by atoms with E-state index in [0.717, 1.165) is 10.0 Å². The van der Waals surface area contributed by atoms with Gasteiger partial charge in [0.05, 0.1) is 0 Å². The fourth-order valence-electron chi connectivity index (χ4n) is 1.96. The minimum absolute atomic E-state index is 0.212. The number of benzene rings is 1. The predicted molar refractivity (Wildman–Crippen MR) is 69.7 cm³/mol. The van der Waals surface area contributed by atoms with Gasteiger partial charge in [-0.1, -0.05) is 36.7 Å². The van der Waals surface area contributed by atoms with E-state index in [1.165, 1.54) is 0 Å². The highest BCUT2D eigenvalue weighted by atomic mass is 79.9. The molecule has 0 aliphatic carbocycles. The summed E-state index contributed by atoms with van der Waals surface area (Å²) < 4.78 is 0.919. The summed E-state index contributed by atoms with van der Waals surface area (Å²) in [7, 11) is 0. The predicted octanol–water partition coefficient (Wildman–Crippen LogP) is 2.47. The topological polar surface area (TPSA) is 49.3 Å². The summed E-state index contributed by atoms with van der Waals surface area (Å²) in [5.41, 5.74) is -0.0942. The van der Waals surface area contributed by atoms with E-state index in [2.05, 4.69) is 21.2 Å². The fraction of sp³-hybridized carbons (Fsp3) is 0.462. The zero-order valence-corrected chi connectivity index (χ0v) is 11.8. The minimum Gasteiger partial charge on any atom is -0.370 e. The summed E-state index contributed by atoms with van der Waals surface area (Å²) in [5.74, 6) is -0.212. The van der Waals surface area contributed by atoms with Crippen LogP contribution in [0.3, 0.4) is 0 Å². The number of carbonyl (C=O) groups excluding carboxylic acids is 1. The van der Waals surface area contributed by atoms with Gasteiger partial charge in [0.15, 0.2) is 0 Å². The second-order valence-corrected chi connectivity index (χ2v) is 6.46. The molecule has 1 amide bonds. The highest BCUT2D eigenvalue weighted by molar-refractivity contribution is 9.10. The SMILES string of the molecule is CC(C)(C)C1(O)Cc2cc(Br)ccc2C(=O)N1. The molecule has 0 saturated carbocycles. The number of nitrogens with one attached hydrogen (secondary N) is 1. The number of hydrogen-bond donors (Lipinski definition) is 2. The lowest BCUT2D eigenvalue weighted by Gasteiger charge is -2.43. The van der Waals surface area contributed by atoms with Crippen LogP contribution in [0, 0.1) is 5.41 Å². The maximum Gasteiger partial charge on any atom is 0.253 e. The van der Waals surface area contributed by atoms with Crippen LogP contribution in [0.1, 0.15) is 36.7 Å². The zero-order valence-electron chi connectivity index (χ0n) is 10.2. The molecule has 0 spiro atoms. The molecule has 1 atom stereocenters. The lowest BCUT2D eigenvalue weighted by molar-refractivity contribution is -0.0809. The van der Waals surface area contributed by atoms with Gasteiger partial charge in [-0.05, 0) is 23.8 Å². The molecule has 1 heterocycles. The van der Waals surface area contributed by atoms with Gasteiger partial charge in [-0.2, -0.15) is 0 Å². The lowest BCUT2D eigenvalue weighted by atomic mass is 9.76. The van der Waals surface area contributed by atoms with Gasteiger partial charge in [0.1, 0.15) is 5.72 Å². The number of amides is 1. The van der Waals surface area contributed by atoms with Crippen molar-refractivity contribution in [3.63, 3.8) is 0 Å². The molecule has 2 N–H and O–H groups in total. The van der Waals surface area contributed by atoms with Gasteiger partial charge < -0.3 is 10.4 Å². The van der Waals surface area contributed by atoms with Crippen LogP contribution in [-0.4, -0.2) is 16.7 Å². The van der Waals surface area contributed by atoms with Crippen molar-refractivity contribution in [2.45, 2.75) is 32.9 Å². The Balaban J connectivity index is 2.49. The molecule has 1 aliphatic heterocycles. The Morgan fingerprint density at radius 1 is 1.41 bits per heavy atom. The van der Waals surface area contributed by atoms with Crippen molar-refractivity contribution >= 4 is 21.8 Å². The third-order valence-corrected chi connectivity index (χ3v) is 3.81. The maximum atomic E-state index is 12.0. The van der Waals surface area contributed by atoms with Crippen molar-refractivity contribution in [2.24, 2.45) is 5.41 Å². The number of rotatable bonds is 0. The van der Waals surface area contributed by atoms with Crippen LogP contribution in [0.25, 0.3) is 0 Å². The van der Waals surface area contributed by atoms with E-state index < -0.39 is 11.1 Å². The summed E-state index contributed by atoms with van der Waals surface area (Å²) >= 11 is 3.38. The molecule has 0 bridgehead atoms. The van der Waals surface area contributed by atoms with Crippen molar-refractivity contribution in [1.82, 2.24) is 5.32 Å². The average Bonchev–Trinajstić information content (AvgIpc) is 2.14. The largest absolute Gasteiger partial charge is 0.370 e. The van der Waals surface area contributed by atoms with Gasteiger partial charge in [-0.15, -0.1) is 0 Å². The van der Waals surface area contributed by atoms with E-state index >= 15 is 0 Å². The minimum atomic E-state index is -1.20. The first kappa shape index (κ1) is 12.6. The molecule has 92 valence electrons. The van der Waals surface area contributed by atoms with Gasteiger partial charge in [0.2, 0.25) is 0 Å².